The van der Waals surface area contributed by atoms with Crippen LogP contribution in [0.2, 0.25) is 0 Å². The van der Waals surface area contributed by atoms with Crippen LogP contribution in [0.25, 0.3) is 0 Å². The Morgan fingerprint density at radius 3 is 2.42 bits per heavy atom. The molecule has 0 bridgehead atoms. The van der Waals surface area contributed by atoms with Crippen LogP contribution in [0.15, 0.2) is 24.3 Å². The Bertz CT molecular complexity index is 593. The Balaban J connectivity index is 0.00000243. The molecule has 4 heteroatoms. The molecule has 1 saturated carbocycles. The molecular formula is C22H35ClN2O. The SMILES string of the molecule is CC(C)(C)c1ccc(CCCCC(=O)N2CC3CCC(N)C3C2)cc1.Cl. The average molecular weight is 379 g/mol. The molecule has 1 aromatic rings. The smallest absolute Gasteiger partial charge is 0.222 e. The van der Waals surface area contributed by atoms with Crippen molar-refractivity contribution >= 4 is 18.3 Å². The molecule has 2 N–H and O–H groups in total. The van der Waals surface area contributed by atoms with Crippen LogP contribution in [0, 0.1) is 11.8 Å². The molecule has 1 aromatic carbocycles. The highest BCUT2D eigenvalue weighted by Crippen LogP contribution is 2.37. The monoisotopic (exact) mass is 378 g/mol. The van der Waals surface area contributed by atoms with Crippen molar-refractivity contribution in [1.82, 2.24) is 4.90 Å². The van der Waals surface area contributed by atoms with Crippen LogP contribution in [-0.2, 0) is 16.6 Å². The van der Waals surface area contributed by atoms with Gasteiger partial charge in [-0.3, -0.25) is 4.79 Å². The van der Waals surface area contributed by atoms with E-state index in [0.717, 1.165) is 38.8 Å². The maximum Gasteiger partial charge on any atom is 0.222 e. The maximum absolute atomic E-state index is 12.4. The van der Waals surface area contributed by atoms with Gasteiger partial charge in [0, 0.05) is 25.6 Å². The third kappa shape index (κ3) is 5.01. The number of rotatable bonds is 5. The molecule has 1 amide bonds. The van der Waals surface area contributed by atoms with Crippen LogP contribution in [-0.4, -0.2) is 29.9 Å². The van der Waals surface area contributed by atoms with Crippen LogP contribution >= 0.6 is 12.4 Å². The van der Waals surface area contributed by atoms with Gasteiger partial charge in [0.1, 0.15) is 0 Å². The Kier molecular flexibility index (Phi) is 7.15. The number of nitrogens with two attached hydrogens (primary N) is 1. The van der Waals surface area contributed by atoms with Crippen LogP contribution < -0.4 is 5.73 Å². The van der Waals surface area contributed by atoms with Gasteiger partial charge in [0.2, 0.25) is 5.91 Å². The fourth-order valence-corrected chi connectivity index (χ4v) is 4.45. The number of unbranched alkanes of at least 4 members (excludes halogenated alkanes) is 1. The van der Waals surface area contributed by atoms with E-state index in [1.165, 1.54) is 17.5 Å². The van der Waals surface area contributed by atoms with E-state index in [0.29, 0.717) is 30.2 Å². The van der Waals surface area contributed by atoms with Gasteiger partial charge in [-0.25, -0.2) is 0 Å². The van der Waals surface area contributed by atoms with Crippen molar-refractivity contribution in [2.75, 3.05) is 13.1 Å². The fourth-order valence-electron chi connectivity index (χ4n) is 4.45. The molecule has 3 rings (SSSR count). The van der Waals surface area contributed by atoms with Crippen molar-refractivity contribution in [3.63, 3.8) is 0 Å². The topological polar surface area (TPSA) is 46.3 Å². The molecule has 3 atom stereocenters. The van der Waals surface area contributed by atoms with E-state index in [4.69, 9.17) is 5.73 Å². The molecule has 0 radical (unpaired) electrons. The van der Waals surface area contributed by atoms with E-state index in [1.807, 2.05) is 0 Å². The van der Waals surface area contributed by atoms with Crippen molar-refractivity contribution in [3.05, 3.63) is 35.4 Å². The number of hydrogen-bond acceptors (Lipinski definition) is 2. The second-order valence-corrected chi connectivity index (χ2v) is 9.12. The normalized spacial score (nSPS) is 25.1. The van der Waals surface area contributed by atoms with Gasteiger partial charge in [-0.2, -0.15) is 0 Å². The third-order valence-corrected chi connectivity index (χ3v) is 6.19. The van der Waals surface area contributed by atoms with Gasteiger partial charge in [-0.05, 0) is 60.5 Å². The van der Waals surface area contributed by atoms with Crippen molar-refractivity contribution in [1.29, 1.82) is 0 Å². The summed E-state index contributed by atoms with van der Waals surface area (Å²) in [6.07, 6.45) is 6.17. The molecule has 3 unspecified atom stereocenters. The van der Waals surface area contributed by atoms with Crippen molar-refractivity contribution in [2.24, 2.45) is 17.6 Å². The summed E-state index contributed by atoms with van der Waals surface area (Å²) in [6.45, 7) is 8.58. The van der Waals surface area contributed by atoms with Crippen LogP contribution in [0.1, 0.15) is 64.0 Å². The minimum absolute atomic E-state index is 0. The van der Waals surface area contributed by atoms with E-state index < -0.39 is 0 Å². The second-order valence-electron chi connectivity index (χ2n) is 9.12. The third-order valence-electron chi connectivity index (χ3n) is 6.19. The van der Waals surface area contributed by atoms with E-state index in [1.54, 1.807) is 0 Å². The summed E-state index contributed by atoms with van der Waals surface area (Å²) in [7, 11) is 0. The first kappa shape index (κ1) is 21.2. The van der Waals surface area contributed by atoms with Gasteiger partial charge in [-0.15, -0.1) is 12.4 Å². The minimum Gasteiger partial charge on any atom is -0.342 e. The standard InChI is InChI=1S/C22H34N2O.ClH/c1-22(2,3)18-11-8-16(9-12-18)6-4-5-7-21(25)24-14-17-10-13-20(23)19(17)15-24;/h8-9,11-12,17,19-20H,4-7,10,13-15,23H2,1-3H3;1H. The number of carbonyl (C=O) groups is 1. The summed E-state index contributed by atoms with van der Waals surface area (Å²) in [5.74, 6) is 1.57. The highest BCUT2D eigenvalue weighted by Gasteiger charge is 2.42. The van der Waals surface area contributed by atoms with Gasteiger partial charge in [0.15, 0.2) is 0 Å². The Morgan fingerprint density at radius 2 is 1.81 bits per heavy atom. The Morgan fingerprint density at radius 1 is 1.12 bits per heavy atom. The molecular weight excluding hydrogens is 344 g/mol. The first-order valence-electron chi connectivity index (χ1n) is 9.97. The fraction of sp³-hybridized carbons (Fsp3) is 0.682. The number of hydrogen-bond donors (Lipinski definition) is 1. The number of amides is 1. The lowest BCUT2D eigenvalue weighted by molar-refractivity contribution is -0.130. The lowest BCUT2D eigenvalue weighted by Crippen LogP contribution is -2.33. The van der Waals surface area contributed by atoms with Gasteiger partial charge < -0.3 is 10.6 Å². The summed E-state index contributed by atoms with van der Waals surface area (Å²) in [5.41, 5.74) is 9.13. The number of fused-ring (bicyclic) bond motifs is 1. The Labute approximate surface area is 165 Å². The first-order valence-corrected chi connectivity index (χ1v) is 9.97. The van der Waals surface area contributed by atoms with E-state index in [2.05, 4.69) is 49.9 Å². The lowest BCUT2D eigenvalue weighted by Gasteiger charge is -2.19. The average Bonchev–Trinajstić information content (AvgIpc) is 3.13. The van der Waals surface area contributed by atoms with Gasteiger partial charge in [0.25, 0.3) is 0 Å². The second kappa shape index (κ2) is 8.75. The predicted octanol–water partition coefficient (Wildman–Crippen LogP) is 4.31. The van der Waals surface area contributed by atoms with Crippen LogP contribution in [0.5, 0.6) is 0 Å². The predicted molar refractivity (Wildman–Crippen MR) is 111 cm³/mol. The number of halogens is 1. The van der Waals surface area contributed by atoms with Gasteiger partial charge in [-0.1, -0.05) is 45.0 Å². The highest BCUT2D eigenvalue weighted by atomic mass is 35.5. The molecule has 0 spiro atoms. The number of carbonyl (C=O) groups excluding carboxylic acids is 1. The quantitative estimate of drug-likeness (QED) is 0.776. The summed E-state index contributed by atoms with van der Waals surface area (Å²) >= 11 is 0. The van der Waals surface area contributed by atoms with Crippen LogP contribution in [0.3, 0.4) is 0 Å². The number of benzene rings is 1. The summed E-state index contributed by atoms with van der Waals surface area (Å²) in [5, 5.41) is 0. The molecule has 1 saturated heterocycles. The van der Waals surface area contributed by atoms with E-state index in [-0.39, 0.29) is 17.8 Å². The molecule has 1 aliphatic carbocycles. The summed E-state index contributed by atoms with van der Waals surface area (Å²) < 4.78 is 0. The molecule has 1 heterocycles. The Hall–Kier alpha value is -1.06. The maximum atomic E-state index is 12.4. The summed E-state index contributed by atoms with van der Waals surface area (Å²) in [4.78, 5) is 14.5. The molecule has 1 aliphatic heterocycles. The molecule has 3 nitrogen and oxygen atoms in total. The summed E-state index contributed by atoms with van der Waals surface area (Å²) in [6, 6.07) is 9.29. The zero-order chi connectivity index (χ0) is 18.0. The van der Waals surface area contributed by atoms with Crippen molar-refractivity contribution in [3.8, 4) is 0 Å². The van der Waals surface area contributed by atoms with Crippen molar-refractivity contribution < 1.29 is 4.79 Å². The number of aryl methyl sites for hydroxylation is 1. The van der Waals surface area contributed by atoms with Crippen LogP contribution in [0.4, 0.5) is 0 Å². The molecule has 146 valence electrons. The number of nitrogens with zero attached hydrogens (tertiary/aromatic N) is 1. The van der Waals surface area contributed by atoms with E-state index in [9.17, 15) is 4.79 Å². The van der Waals surface area contributed by atoms with Crippen molar-refractivity contribution in [2.45, 2.75) is 70.8 Å². The lowest BCUT2D eigenvalue weighted by atomic mass is 9.86. The molecule has 2 fully saturated rings. The number of likely N-dealkylation sites (tertiary alicyclic amines) is 1. The molecule has 26 heavy (non-hydrogen) atoms. The first-order chi connectivity index (χ1) is 11.8. The molecule has 0 aromatic heterocycles. The van der Waals surface area contributed by atoms with E-state index >= 15 is 0 Å². The highest BCUT2D eigenvalue weighted by molar-refractivity contribution is 5.85. The zero-order valence-electron chi connectivity index (χ0n) is 16.5. The molecule has 2 aliphatic rings. The zero-order valence-corrected chi connectivity index (χ0v) is 17.4. The van der Waals surface area contributed by atoms with Gasteiger partial charge in [0.05, 0.1) is 0 Å². The largest absolute Gasteiger partial charge is 0.342 e. The van der Waals surface area contributed by atoms with Gasteiger partial charge >= 0.3 is 0 Å². The minimum atomic E-state index is 0.